The lowest BCUT2D eigenvalue weighted by molar-refractivity contribution is -0.122. The van der Waals surface area contributed by atoms with E-state index in [4.69, 9.17) is 30.8 Å². The SMILES string of the molecule is COc1ccc([C@@H]2CC(=O)[C@@H]3C(=NC(C)=C(C#N)[C@H]3c3cc4c(cc3Cl)OCO4)C2)cc1. The molecule has 0 radical (unpaired) electrons. The third-order valence-electron chi connectivity index (χ3n) is 6.49. The van der Waals surface area contributed by atoms with Crippen LogP contribution in [0.3, 0.4) is 0 Å². The molecule has 0 unspecified atom stereocenters. The molecule has 2 aliphatic heterocycles. The van der Waals surface area contributed by atoms with Gasteiger partial charge in [0, 0.05) is 29.1 Å². The number of carbonyl (C=O) groups excluding carboxylic acids is 1. The van der Waals surface area contributed by atoms with Gasteiger partial charge in [-0.3, -0.25) is 9.79 Å². The molecule has 0 bridgehead atoms. The molecule has 0 amide bonds. The Morgan fingerprint density at radius 1 is 1.12 bits per heavy atom. The fraction of sp³-hybridized carbons (Fsp3) is 0.320. The predicted octanol–water partition coefficient (Wildman–Crippen LogP) is 5.18. The van der Waals surface area contributed by atoms with Crippen molar-refractivity contribution >= 4 is 23.1 Å². The van der Waals surface area contributed by atoms with Crippen LogP contribution in [0.25, 0.3) is 0 Å². The van der Waals surface area contributed by atoms with Gasteiger partial charge in [-0.2, -0.15) is 5.26 Å². The average Bonchev–Trinajstić information content (AvgIpc) is 3.24. The molecule has 162 valence electrons. The molecule has 2 heterocycles. The van der Waals surface area contributed by atoms with Gasteiger partial charge in [-0.25, -0.2) is 0 Å². The summed E-state index contributed by atoms with van der Waals surface area (Å²) in [6, 6.07) is 13.6. The Balaban J connectivity index is 1.55. The molecule has 7 heteroatoms. The number of carbonyl (C=O) groups is 1. The van der Waals surface area contributed by atoms with E-state index in [2.05, 4.69) is 6.07 Å². The summed E-state index contributed by atoms with van der Waals surface area (Å²) in [5.74, 6) is 1.01. The number of allylic oxidation sites excluding steroid dienone is 2. The van der Waals surface area contributed by atoms with E-state index in [1.54, 1.807) is 19.2 Å². The minimum Gasteiger partial charge on any atom is -0.497 e. The summed E-state index contributed by atoms with van der Waals surface area (Å²) in [6.07, 6.45) is 1.03. The summed E-state index contributed by atoms with van der Waals surface area (Å²) in [7, 11) is 1.63. The molecule has 0 spiro atoms. The maximum absolute atomic E-state index is 13.5. The standard InChI is InChI=1S/C25H21ClN2O4/c1-13-18(11-27)24(17-9-22-23(10-19(17)26)32-12-31-22)25-20(28-13)7-15(8-21(25)29)14-3-5-16(30-2)6-4-14/h3-6,9-10,15,24-25H,7-8,12H2,1-2H3/t15-,24+,25-/m0/s1. The van der Waals surface area contributed by atoms with Gasteiger partial charge in [0.2, 0.25) is 6.79 Å². The van der Waals surface area contributed by atoms with Crippen LogP contribution in [0.15, 0.2) is 52.7 Å². The third-order valence-corrected chi connectivity index (χ3v) is 6.82. The van der Waals surface area contributed by atoms with Crippen LogP contribution in [0.1, 0.15) is 42.7 Å². The van der Waals surface area contributed by atoms with Gasteiger partial charge in [0.15, 0.2) is 11.5 Å². The largest absolute Gasteiger partial charge is 0.497 e. The Morgan fingerprint density at radius 3 is 2.53 bits per heavy atom. The van der Waals surface area contributed by atoms with E-state index >= 15 is 0 Å². The van der Waals surface area contributed by atoms with Crippen LogP contribution in [-0.2, 0) is 4.79 Å². The lowest BCUT2D eigenvalue weighted by atomic mass is 9.66. The van der Waals surface area contributed by atoms with Gasteiger partial charge in [-0.05, 0) is 48.6 Å². The molecule has 3 atom stereocenters. The van der Waals surface area contributed by atoms with Crippen molar-refractivity contribution in [2.24, 2.45) is 10.9 Å². The molecule has 32 heavy (non-hydrogen) atoms. The zero-order chi connectivity index (χ0) is 22.4. The highest BCUT2D eigenvalue weighted by Gasteiger charge is 2.45. The summed E-state index contributed by atoms with van der Waals surface area (Å²) < 4.78 is 16.2. The van der Waals surface area contributed by atoms with Gasteiger partial charge in [0.1, 0.15) is 11.5 Å². The van der Waals surface area contributed by atoms with Crippen molar-refractivity contribution < 1.29 is 19.0 Å². The van der Waals surface area contributed by atoms with Crippen molar-refractivity contribution in [3.8, 4) is 23.3 Å². The van der Waals surface area contributed by atoms with Crippen LogP contribution in [-0.4, -0.2) is 25.4 Å². The number of halogens is 1. The van der Waals surface area contributed by atoms with Crippen molar-refractivity contribution in [1.82, 2.24) is 0 Å². The van der Waals surface area contributed by atoms with Gasteiger partial charge in [0.05, 0.1) is 30.4 Å². The zero-order valence-corrected chi connectivity index (χ0v) is 18.5. The van der Waals surface area contributed by atoms with Crippen LogP contribution in [0.2, 0.25) is 5.02 Å². The van der Waals surface area contributed by atoms with Crippen LogP contribution in [0.4, 0.5) is 0 Å². The third kappa shape index (κ3) is 3.34. The summed E-state index contributed by atoms with van der Waals surface area (Å²) in [4.78, 5) is 18.2. The molecule has 0 N–H and O–H groups in total. The fourth-order valence-electron chi connectivity index (χ4n) is 4.94. The van der Waals surface area contributed by atoms with Crippen LogP contribution in [0, 0.1) is 17.2 Å². The Morgan fingerprint density at radius 2 is 1.84 bits per heavy atom. The molecule has 5 rings (SSSR count). The monoisotopic (exact) mass is 448 g/mol. The topological polar surface area (TPSA) is 80.9 Å². The number of nitrogens with zero attached hydrogens (tertiary/aromatic N) is 2. The number of benzene rings is 2. The average molecular weight is 449 g/mol. The summed E-state index contributed by atoms with van der Waals surface area (Å²) in [6.45, 7) is 1.94. The minimum absolute atomic E-state index is 0.0349. The van der Waals surface area contributed by atoms with Gasteiger partial charge in [-0.15, -0.1) is 0 Å². The molecule has 6 nitrogen and oxygen atoms in total. The van der Waals surface area contributed by atoms with Crippen LogP contribution < -0.4 is 14.2 Å². The number of fused-ring (bicyclic) bond motifs is 2. The quantitative estimate of drug-likeness (QED) is 0.646. The number of ether oxygens (including phenoxy) is 3. The fourth-order valence-corrected chi connectivity index (χ4v) is 5.21. The molecular weight excluding hydrogens is 428 g/mol. The number of aliphatic imine (C=N–C) groups is 1. The number of Topliss-reactive ketones (excluding diaryl/α,β-unsaturated/α-hetero) is 1. The predicted molar refractivity (Wildman–Crippen MR) is 120 cm³/mol. The first kappa shape index (κ1) is 20.6. The molecule has 1 aliphatic carbocycles. The van der Waals surface area contributed by atoms with Gasteiger partial charge in [0.25, 0.3) is 0 Å². The van der Waals surface area contributed by atoms with Gasteiger partial charge < -0.3 is 14.2 Å². The molecule has 2 aromatic carbocycles. The number of hydrogen-bond acceptors (Lipinski definition) is 6. The number of ketones is 1. The number of methoxy groups -OCH3 is 1. The number of nitriles is 1. The normalized spacial score (nSPS) is 24.0. The molecule has 1 saturated carbocycles. The van der Waals surface area contributed by atoms with Crippen molar-refractivity contribution in [2.75, 3.05) is 13.9 Å². The second-order valence-corrected chi connectivity index (χ2v) is 8.65. The number of hydrogen-bond donors (Lipinski definition) is 0. The van der Waals surface area contributed by atoms with Crippen LogP contribution in [0.5, 0.6) is 17.2 Å². The molecule has 0 saturated heterocycles. The molecule has 1 fully saturated rings. The lowest BCUT2D eigenvalue weighted by Gasteiger charge is -2.37. The molecular formula is C25H21ClN2O4. The second-order valence-electron chi connectivity index (χ2n) is 8.24. The van der Waals surface area contributed by atoms with Crippen molar-refractivity contribution in [1.29, 1.82) is 5.26 Å². The van der Waals surface area contributed by atoms with E-state index in [0.29, 0.717) is 46.2 Å². The summed E-state index contributed by atoms with van der Waals surface area (Å²) >= 11 is 6.61. The first-order valence-corrected chi connectivity index (χ1v) is 10.8. The Hall–Kier alpha value is -3.30. The smallest absolute Gasteiger partial charge is 0.231 e. The van der Waals surface area contributed by atoms with E-state index in [1.807, 2.05) is 31.2 Å². The Kier molecular flexibility index (Phi) is 5.15. The molecule has 2 aromatic rings. The van der Waals surface area contributed by atoms with Crippen molar-refractivity contribution in [2.45, 2.75) is 31.6 Å². The highest BCUT2D eigenvalue weighted by atomic mass is 35.5. The minimum atomic E-state index is -0.513. The highest BCUT2D eigenvalue weighted by molar-refractivity contribution is 6.31. The Labute approximate surface area is 191 Å². The Bertz CT molecular complexity index is 1210. The lowest BCUT2D eigenvalue weighted by Crippen LogP contribution is -2.39. The molecule has 3 aliphatic rings. The van der Waals surface area contributed by atoms with Crippen LogP contribution >= 0.6 is 11.6 Å². The van der Waals surface area contributed by atoms with Crippen molar-refractivity contribution in [3.05, 3.63) is 63.8 Å². The highest BCUT2D eigenvalue weighted by Crippen LogP contribution is 2.49. The van der Waals surface area contributed by atoms with E-state index < -0.39 is 11.8 Å². The first-order chi connectivity index (χ1) is 15.5. The van der Waals surface area contributed by atoms with E-state index in [0.717, 1.165) is 17.0 Å². The van der Waals surface area contributed by atoms with Gasteiger partial charge in [-0.1, -0.05) is 23.7 Å². The number of rotatable bonds is 3. The zero-order valence-electron chi connectivity index (χ0n) is 17.7. The van der Waals surface area contributed by atoms with E-state index in [1.165, 1.54) is 0 Å². The second kappa shape index (κ2) is 7.99. The van der Waals surface area contributed by atoms with Gasteiger partial charge >= 0.3 is 0 Å². The van der Waals surface area contributed by atoms with E-state index in [9.17, 15) is 10.1 Å². The summed E-state index contributed by atoms with van der Waals surface area (Å²) in [5, 5.41) is 10.4. The summed E-state index contributed by atoms with van der Waals surface area (Å²) in [5.41, 5.74) is 3.67. The van der Waals surface area contributed by atoms with E-state index in [-0.39, 0.29) is 18.5 Å². The maximum atomic E-state index is 13.5. The van der Waals surface area contributed by atoms with Crippen molar-refractivity contribution in [3.63, 3.8) is 0 Å². The first-order valence-electron chi connectivity index (χ1n) is 10.4. The molecule has 0 aromatic heterocycles. The maximum Gasteiger partial charge on any atom is 0.231 e.